The molecule has 0 saturated carbocycles. The summed E-state index contributed by atoms with van der Waals surface area (Å²) in [5.41, 5.74) is 3.27. The first-order chi connectivity index (χ1) is 12.8. The predicted molar refractivity (Wildman–Crippen MR) is 104 cm³/mol. The number of methoxy groups -OCH3 is 1. The highest BCUT2D eigenvalue weighted by Gasteiger charge is 2.25. The van der Waals surface area contributed by atoms with Crippen LogP contribution in [0, 0.1) is 13.8 Å². The molecule has 1 N–H and O–H groups in total. The minimum atomic E-state index is -0.587. The van der Waals surface area contributed by atoms with Gasteiger partial charge in [-0.1, -0.05) is 12.1 Å². The van der Waals surface area contributed by atoms with Gasteiger partial charge < -0.3 is 14.5 Å². The quantitative estimate of drug-likeness (QED) is 0.523. The molecule has 140 valence electrons. The number of hydrogen-bond acceptors (Lipinski definition) is 6. The molecule has 0 unspecified atom stereocenters. The number of rotatable bonds is 5. The average Bonchev–Trinajstić information content (AvgIpc) is 3.15. The number of carbonyl (C=O) groups is 3. The van der Waals surface area contributed by atoms with Crippen molar-refractivity contribution in [1.29, 1.82) is 0 Å². The SMILES string of the molecule is COC(=O)c1c(NC(=O)Cc2coc3cc(C)ccc23)sc(C(C)=O)c1C. The van der Waals surface area contributed by atoms with Crippen LogP contribution in [-0.2, 0) is 16.0 Å². The molecule has 1 aromatic carbocycles. The van der Waals surface area contributed by atoms with Gasteiger partial charge in [0.15, 0.2) is 5.78 Å². The summed E-state index contributed by atoms with van der Waals surface area (Å²) in [6, 6.07) is 5.78. The Balaban J connectivity index is 1.88. The third-order valence-corrected chi connectivity index (χ3v) is 5.58. The van der Waals surface area contributed by atoms with Gasteiger partial charge in [-0.15, -0.1) is 11.3 Å². The number of esters is 1. The lowest BCUT2D eigenvalue weighted by Gasteiger charge is -2.05. The summed E-state index contributed by atoms with van der Waals surface area (Å²) in [4.78, 5) is 36.9. The largest absolute Gasteiger partial charge is 0.465 e. The Morgan fingerprint density at radius 2 is 1.96 bits per heavy atom. The minimum Gasteiger partial charge on any atom is -0.465 e. The van der Waals surface area contributed by atoms with Crippen molar-refractivity contribution in [3.05, 3.63) is 51.6 Å². The van der Waals surface area contributed by atoms with E-state index in [1.165, 1.54) is 14.0 Å². The lowest BCUT2D eigenvalue weighted by atomic mass is 10.1. The molecule has 0 radical (unpaired) electrons. The zero-order chi connectivity index (χ0) is 19.7. The average molecular weight is 385 g/mol. The molecule has 0 spiro atoms. The Labute approximate surface area is 160 Å². The van der Waals surface area contributed by atoms with Gasteiger partial charge in [0.1, 0.15) is 10.6 Å². The first-order valence-electron chi connectivity index (χ1n) is 8.31. The summed E-state index contributed by atoms with van der Waals surface area (Å²) >= 11 is 1.08. The van der Waals surface area contributed by atoms with Crippen LogP contribution in [0.15, 0.2) is 28.9 Å². The Bertz CT molecular complexity index is 1060. The number of Topliss-reactive ketones (excluding diaryl/α,β-unsaturated/α-hetero) is 1. The van der Waals surface area contributed by atoms with Crippen molar-refractivity contribution in [3.63, 3.8) is 0 Å². The van der Waals surface area contributed by atoms with Gasteiger partial charge in [0.25, 0.3) is 0 Å². The first kappa shape index (κ1) is 18.8. The number of benzene rings is 1. The summed E-state index contributed by atoms with van der Waals surface area (Å²) in [5, 5.41) is 3.93. The molecule has 6 nitrogen and oxygen atoms in total. The van der Waals surface area contributed by atoms with E-state index < -0.39 is 5.97 Å². The Hall–Kier alpha value is -2.93. The van der Waals surface area contributed by atoms with Crippen LogP contribution in [0.5, 0.6) is 0 Å². The van der Waals surface area contributed by atoms with Gasteiger partial charge in [0, 0.05) is 10.9 Å². The van der Waals surface area contributed by atoms with Crippen LogP contribution in [0.4, 0.5) is 5.00 Å². The number of nitrogens with one attached hydrogen (secondary N) is 1. The molecular formula is C20H19NO5S. The number of amides is 1. The van der Waals surface area contributed by atoms with E-state index in [4.69, 9.17) is 9.15 Å². The molecule has 0 aliphatic heterocycles. The molecule has 0 saturated heterocycles. The van der Waals surface area contributed by atoms with Crippen LogP contribution in [0.1, 0.15) is 43.6 Å². The van der Waals surface area contributed by atoms with Gasteiger partial charge in [-0.05, 0) is 38.0 Å². The fraction of sp³-hybridized carbons (Fsp3) is 0.250. The molecule has 27 heavy (non-hydrogen) atoms. The third-order valence-electron chi connectivity index (χ3n) is 4.27. The molecular weight excluding hydrogens is 366 g/mol. The molecule has 1 amide bonds. The maximum absolute atomic E-state index is 12.6. The van der Waals surface area contributed by atoms with Crippen LogP contribution >= 0.6 is 11.3 Å². The number of anilines is 1. The number of ketones is 1. The van der Waals surface area contributed by atoms with Crippen LogP contribution in [-0.4, -0.2) is 24.8 Å². The number of aryl methyl sites for hydroxylation is 1. The van der Waals surface area contributed by atoms with Gasteiger partial charge in [-0.25, -0.2) is 4.79 Å². The summed E-state index contributed by atoms with van der Waals surface area (Å²) in [6.45, 7) is 5.06. The minimum absolute atomic E-state index is 0.0863. The number of hydrogen-bond donors (Lipinski definition) is 1. The maximum atomic E-state index is 12.6. The molecule has 0 aliphatic carbocycles. The highest BCUT2D eigenvalue weighted by molar-refractivity contribution is 7.18. The molecule has 0 atom stereocenters. The van der Waals surface area contributed by atoms with Gasteiger partial charge >= 0.3 is 5.97 Å². The lowest BCUT2D eigenvalue weighted by molar-refractivity contribution is -0.115. The number of fused-ring (bicyclic) bond motifs is 1. The Morgan fingerprint density at radius 3 is 2.63 bits per heavy atom. The summed E-state index contributed by atoms with van der Waals surface area (Å²) in [7, 11) is 1.26. The van der Waals surface area contributed by atoms with Crippen molar-refractivity contribution in [2.75, 3.05) is 12.4 Å². The second-order valence-electron chi connectivity index (χ2n) is 6.29. The van der Waals surface area contributed by atoms with E-state index in [0.29, 0.717) is 15.4 Å². The topological polar surface area (TPSA) is 85.6 Å². The van der Waals surface area contributed by atoms with Crippen molar-refractivity contribution in [2.45, 2.75) is 27.2 Å². The number of ether oxygens (including phenoxy) is 1. The van der Waals surface area contributed by atoms with Crippen molar-refractivity contribution < 1.29 is 23.5 Å². The van der Waals surface area contributed by atoms with Crippen molar-refractivity contribution in [1.82, 2.24) is 0 Å². The van der Waals surface area contributed by atoms with E-state index >= 15 is 0 Å². The van der Waals surface area contributed by atoms with Crippen molar-refractivity contribution >= 4 is 45.0 Å². The molecule has 0 bridgehead atoms. The zero-order valence-electron chi connectivity index (χ0n) is 15.5. The Morgan fingerprint density at radius 1 is 1.22 bits per heavy atom. The van der Waals surface area contributed by atoms with Crippen molar-refractivity contribution in [3.8, 4) is 0 Å². The maximum Gasteiger partial charge on any atom is 0.341 e. The monoisotopic (exact) mass is 385 g/mol. The molecule has 0 aliphatic rings. The molecule has 0 fully saturated rings. The predicted octanol–water partition coefficient (Wildman–Crippen LogP) is 4.28. The van der Waals surface area contributed by atoms with Crippen LogP contribution < -0.4 is 5.32 Å². The van der Waals surface area contributed by atoms with Gasteiger partial charge in [0.05, 0.1) is 30.2 Å². The highest BCUT2D eigenvalue weighted by Crippen LogP contribution is 2.34. The second kappa shape index (κ2) is 7.36. The fourth-order valence-electron chi connectivity index (χ4n) is 2.96. The zero-order valence-corrected chi connectivity index (χ0v) is 16.3. The van der Waals surface area contributed by atoms with Gasteiger partial charge in [0.2, 0.25) is 5.91 Å². The Kier molecular flexibility index (Phi) is 5.14. The van der Waals surface area contributed by atoms with E-state index in [1.807, 2.05) is 25.1 Å². The lowest BCUT2D eigenvalue weighted by Crippen LogP contribution is -2.16. The molecule has 2 aromatic heterocycles. The summed E-state index contributed by atoms with van der Waals surface area (Å²) in [6.07, 6.45) is 1.65. The number of carbonyl (C=O) groups excluding carboxylic acids is 3. The fourth-order valence-corrected chi connectivity index (χ4v) is 4.06. The standard InChI is InChI=1S/C20H19NO5S/c1-10-5-6-14-13(9-26-15(14)7-10)8-16(23)21-19-17(20(24)25-4)11(2)18(27-19)12(3)22/h5-7,9H,8H2,1-4H3,(H,21,23). The van der Waals surface area contributed by atoms with Gasteiger partial charge in [-0.3, -0.25) is 9.59 Å². The van der Waals surface area contributed by atoms with E-state index in [2.05, 4.69) is 5.32 Å². The highest BCUT2D eigenvalue weighted by atomic mass is 32.1. The smallest absolute Gasteiger partial charge is 0.341 e. The number of thiophene rings is 1. The van der Waals surface area contributed by atoms with Crippen LogP contribution in [0.3, 0.4) is 0 Å². The third kappa shape index (κ3) is 3.64. The first-order valence-corrected chi connectivity index (χ1v) is 9.12. The van der Waals surface area contributed by atoms with E-state index in [9.17, 15) is 14.4 Å². The van der Waals surface area contributed by atoms with Gasteiger partial charge in [-0.2, -0.15) is 0 Å². The summed E-state index contributed by atoms with van der Waals surface area (Å²) < 4.78 is 10.3. The van der Waals surface area contributed by atoms with Crippen LogP contribution in [0.25, 0.3) is 11.0 Å². The molecule has 7 heteroatoms. The molecule has 3 aromatic rings. The summed E-state index contributed by atoms with van der Waals surface area (Å²) in [5.74, 6) is -1.06. The van der Waals surface area contributed by atoms with E-state index in [-0.39, 0.29) is 23.7 Å². The van der Waals surface area contributed by atoms with Crippen LogP contribution in [0.2, 0.25) is 0 Å². The van der Waals surface area contributed by atoms with Crippen molar-refractivity contribution in [2.24, 2.45) is 0 Å². The number of furan rings is 1. The normalized spacial score (nSPS) is 10.8. The van der Waals surface area contributed by atoms with E-state index in [0.717, 1.165) is 33.4 Å². The second-order valence-corrected chi connectivity index (χ2v) is 7.31. The molecule has 3 rings (SSSR count). The van der Waals surface area contributed by atoms with E-state index in [1.54, 1.807) is 13.2 Å². The molecule has 2 heterocycles.